The molecule has 0 saturated heterocycles. The van der Waals surface area contributed by atoms with Crippen LogP contribution in [0.15, 0.2) is 30.5 Å². The molecule has 78 valence electrons. The van der Waals surface area contributed by atoms with Crippen molar-refractivity contribution < 1.29 is 0 Å². The Morgan fingerprint density at radius 1 is 1.07 bits per heavy atom. The third kappa shape index (κ3) is 1.95. The number of pyridine rings is 1. The first kappa shape index (κ1) is 10.4. The van der Waals surface area contributed by atoms with Crippen LogP contribution in [0.4, 0.5) is 0 Å². The van der Waals surface area contributed by atoms with Gasteiger partial charge in [-0.3, -0.25) is 4.98 Å². The molecule has 0 radical (unpaired) electrons. The summed E-state index contributed by atoms with van der Waals surface area (Å²) in [7, 11) is -1.20. The van der Waals surface area contributed by atoms with Crippen LogP contribution in [0.25, 0.3) is 10.9 Å². The first-order valence-electron chi connectivity index (χ1n) is 5.34. The zero-order valence-electron chi connectivity index (χ0n) is 9.83. The van der Waals surface area contributed by atoms with E-state index < -0.39 is 8.07 Å². The second-order valence-electron chi connectivity index (χ2n) is 5.11. The van der Waals surface area contributed by atoms with Crippen LogP contribution in [0.1, 0.15) is 5.56 Å². The first-order chi connectivity index (χ1) is 6.98. The van der Waals surface area contributed by atoms with Crippen LogP contribution in [0, 0.1) is 6.92 Å². The molecule has 1 aromatic carbocycles. The van der Waals surface area contributed by atoms with Crippen molar-refractivity contribution >= 4 is 24.2 Å². The molecule has 15 heavy (non-hydrogen) atoms. The topological polar surface area (TPSA) is 12.9 Å². The number of aryl methyl sites for hydroxylation is 1. The van der Waals surface area contributed by atoms with Crippen molar-refractivity contribution in [2.75, 3.05) is 0 Å². The van der Waals surface area contributed by atoms with Crippen molar-refractivity contribution in [2.24, 2.45) is 0 Å². The third-order valence-corrected chi connectivity index (χ3v) is 4.87. The van der Waals surface area contributed by atoms with Gasteiger partial charge in [0, 0.05) is 11.6 Å². The van der Waals surface area contributed by atoms with E-state index in [1.807, 2.05) is 6.20 Å². The van der Waals surface area contributed by atoms with Crippen molar-refractivity contribution in [1.82, 2.24) is 4.98 Å². The maximum atomic E-state index is 4.38. The molecule has 1 nitrogen and oxygen atoms in total. The second-order valence-corrected chi connectivity index (χ2v) is 10.2. The van der Waals surface area contributed by atoms with Crippen LogP contribution in [0.5, 0.6) is 0 Å². The summed E-state index contributed by atoms with van der Waals surface area (Å²) in [4.78, 5) is 4.38. The van der Waals surface area contributed by atoms with Gasteiger partial charge < -0.3 is 0 Å². The molecule has 1 aromatic heterocycles. The van der Waals surface area contributed by atoms with E-state index in [1.54, 1.807) is 0 Å². The number of benzene rings is 1. The standard InChI is InChI=1S/C13H17NSi/c1-10-7-8-14-13-6-5-11(9-12(10)13)15(2,3)4/h5-9H,1-4H3. The average molecular weight is 215 g/mol. The number of nitrogens with zero attached hydrogens (tertiary/aromatic N) is 1. The van der Waals surface area contributed by atoms with Crippen molar-refractivity contribution in [3.05, 3.63) is 36.0 Å². The molecule has 0 atom stereocenters. The fourth-order valence-electron chi connectivity index (χ4n) is 1.75. The third-order valence-electron chi connectivity index (χ3n) is 2.83. The van der Waals surface area contributed by atoms with Gasteiger partial charge >= 0.3 is 0 Å². The predicted molar refractivity (Wildman–Crippen MR) is 69.5 cm³/mol. The molecule has 0 aliphatic heterocycles. The van der Waals surface area contributed by atoms with E-state index in [0.717, 1.165) is 5.52 Å². The van der Waals surface area contributed by atoms with E-state index in [9.17, 15) is 0 Å². The van der Waals surface area contributed by atoms with Gasteiger partial charge in [0.15, 0.2) is 0 Å². The van der Waals surface area contributed by atoms with Crippen molar-refractivity contribution in [3.63, 3.8) is 0 Å². The molecule has 1 heterocycles. The van der Waals surface area contributed by atoms with Crippen molar-refractivity contribution in [1.29, 1.82) is 0 Å². The maximum Gasteiger partial charge on any atom is 0.0776 e. The van der Waals surface area contributed by atoms with Gasteiger partial charge in [0.2, 0.25) is 0 Å². The molecule has 0 saturated carbocycles. The molecule has 0 bridgehead atoms. The first-order valence-corrected chi connectivity index (χ1v) is 8.84. The van der Waals surface area contributed by atoms with Crippen LogP contribution in [-0.4, -0.2) is 13.1 Å². The SMILES string of the molecule is Cc1ccnc2ccc([Si](C)(C)C)cc12. The van der Waals surface area contributed by atoms with Gasteiger partial charge in [-0.25, -0.2) is 0 Å². The van der Waals surface area contributed by atoms with Crippen molar-refractivity contribution in [2.45, 2.75) is 26.6 Å². The highest BCUT2D eigenvalue weighted by atomic mass is 28.3. The summed E-state index contributed by atoms with van der Waals surface area (Å²) in [5, 5.41) is 2.81. The van der Waals surface area contributed by atoms with E-state index in [0.29, 0.717) is 0 Å². The predicted octanol–water partition coefficient (Wildman–Crippen LogP) is 3.09. The Balaban J connectivity index is 2.70. The molecular formula is C13H17NSi. The second kappa shape index (κ2) is 3.45. The van der Waals surface area contributed by atoms with E-state index in [4.69, 9.17) is 0 Å². The van der Waals surface area contributed by atoms with Crippen LogP contribution >= 0.6 is 0 Å². The Bertz CT molecular complexity index is 497. The Kier molecular flexibility index (Phi) is 2.39. The lowest BCUT2D eigenvalue weighted by atomic mass is 10.1. The molecule has 0 spiro atoms. The van der Waals surface area contributed by atoms with Crippen LogP contribution in [-0.2, 0) is 0 Å². The molecule has 0 N–H and O–H groups in total. The number of rotatable bonds is 1. The highest BCUT2D eigenvalue weighted by Crippen LogP contribution is 2.15. The molecule has 0 aliphatic carbocycles. The lowest BCUT2D eigenvalue weighted by Gasteiger charge is -2.17. The molecule has 0 aliphatic rings. The summed E-state index contributed by atoms with van der Waals surface area (Å²) in [5.74, 6) is 0. The molecule has 2 aromatic rings. The van der Waals surface area contributed by atoms with E-state index in [2.05, 4.69) is 55.8 Å². The van der Waals surface area contributed by atoms with Gasteiger partial charge in [0.25, 0.3) is 0 Å². The largest absolute Gasteiger partial charge is 0.256 e. The summed E-state index contributed by atoms with van der Waals surface area (Å²) in [5.41, 5.74) is 2.43. The summed E-state index contributed by atoms with van der Waals surface area (Å²) >= 11 is 0. The number of hydrogen-bond acceptors (Lipinski definition) is 1. The summed E-state index contributed by atoms with van der Waals surface area (Å²) in [6, 6.07) is 8.79. The van der Waals surface area contributed by atoms with E-state index in [-0.39, 0.29) is 0 Å². The Morgan fingerprint density at radius 3 is 2.47 bits per heavy atom. The zero-order valence-corrected chi connectivity index (χ0v) is 10.8. The average Bonchev–Trinajstić information content (AvgIpc) is 2.16. The Morgan fingerprint density at radius 2 is 1.80 bits per heavy atom. The fraction of sp³-hybridized carbons (Fsp3) is 0.308. The minimum absolute atomic E-state index is 1.11. The van der Waals surface area contributed by atoms with Gasteiger partial charge in [0.05, 0.1) is 13.6 Å². The van der Waals surface area contributed by atoms with Crippen LogP contribution in [0.3, 0.4) is 0 Å². The molecule has 0 fully saturated rings. The Labute approximate surface area is 92.2 Å². The van der Waals surface area contributed by atoms with Gasteiger partial charge in [-0.2, -0.15) is 0 Å². The van der Waals surface area contributed by atoms with Gasteiger partial charge in [-0.1, -0.05) is 37.0 Å². The minimum Gasteiger partial charge on any atom is -0.256 e. The number of hydrogen-bond donors (Lipinski definition) is 0. The van der Waals surface area contributed by atoms with E-state index in [1.165, 1.54) is 16.1 Å². The lowest BCUT2D eigenvalue weighted by Crippen LogP contribution is -2.37. The smallest absolute Gasteiger partial charge is 0.0776 e. The summed E-state index contributed by atoms with van der Waals surface area (Å²) < 4.78 is 0. The molecular weight excluding hydrogens is 198 g/mol. The lowest BCUT2D eigenvalue weighted by molar-refractivity contribution is 1.37. The maximum absolute atomic E-state index is 4.38. The number of fused-ring (bicyclic) bond motifs is 1. The van der Waals surface area contributed by atoms with Crippen LogP contribution in [0.2, 0.25) is 19.6 Å². The fourth-order valence-corrected chi connectivity index (χ4v) is 2.91. The van der Waals surface area contributed by atoms with Crippen LogP contribution < -0.4 is 5.19 Å². The number of aromatic nitrogens is 1. The molecule has 2 heteroatoms. The highest BCUT2D eigenvalue weighted by molar-refractivity contribution is 6.88. The quantitative estimate of drug-likeness (QED) is 0.666. The molecule has 0 amide bonds. The van der Waals surface area contributed by atoms with E-state index >= 15 is 0 Å². The molecule has 2 rings (SSSR count). The Hall–Kier alpha value is -1.15. The van der Waals surface area contributed by atoms with Gasteiger partial charge in [-0.15, -0.1) is 0 Å². The van der Waals surface area contributed by atoms with Gasteiger partial charge in [-0.05, 0) is 24.6 Å². The zero-order chi connectivity index (χ0) is 11.1. The highest BCUT2D eigenvalue weighted by Gasteiger charge is 2.16. The minimum atomic E-state index is -1.20. The monoisotopic (exact) mass is 215 g/mol. The summed E-state index contributed by atoms with van der Waals surface area (Å²) in [6.45, 7) is 9.28. The normalized spacial score (nSPS) is 12.0. The van der Waals surface area contributed by atoms with Crippen molar-refractivity contribution in [3.8, 4) is 0 Å². The summed E-state index contributed by atoms with van der Waals surface area (Å²) in [6.07, 6.45) is 1.88. The van der Waals surface area contributed by atoms with Gasteiger partial charge in [0.1, 0.15) is 0 Å². The molecule has 0 unspecified atom stereocenters.